The zero-order valence-electron chi connectivity index (χ0n) is 19.2. The van der Waals surface area contributed by atoms with Crippen molar-refractivity contribution in [2.45, 2.75) is 37.7 Å². The molecule has 9 nitrogen and oxygen atoms in total. The van der Waals surface area contributed by atoms with E-state index in [0.29, 0.717) is 24.2 Å². The molecule has 0 radical (unpaired) electrons. The standard InChI is InChI=1S/C25H25ClFN5O4/c26-19-12-15(27)4-9-18(19)22(33)31-16-5-7-17(8-6-16)32-24(35)21-20(29-14-30-21)23(34)28-13-25(36)10-2-1-3-11-25/h4-9,12,14,36H,1-3,10-11,13H2,(H,28,34)(H,29,30)(H,31,33)(H,32,35). The molecule has 4 rings (SSSR count). The lowest BCUT2D eigenvalue weighted by atomic mass is 9.85. The number of aromatic nitrogens is 2. The minimum absolute atomic E-state index is 0.00744. The number of carbonyl (C=O) groups excluding carboxylic acids is 3. The van der Waals surface area contributed by atoms with Gasteiger partial charge in [-0.2, -0.15) is 0 Å². The predicted molar refractivity (Wildman–Crippen MR) is 133 cm³/mol. The summed E-state index contributed by atoms with van der Waals surface area (Å²) in [5.41, 5.74) is -0.0772. The van der Waals surface area contributed by atoms with E-state index in [9.17, 15) is 23.9 Å². The van der Waals surface area contributed by atoms with Gasteiger partial charge in [-0.25, -0.2) is 9.37 Å². The average Bonchev–Trinajstić information content (AvgIpc) is 3.35. The molecular weight excluding hydrogens is 489 g/mol. The maximum atomic E-state index is 13.2. The Morgan fingerprint density at radius 3 is 2.25 bits per heavy atom. The predicted octanol–water partition coefficient (Wildman–Crippen LogP) is 4.13. The van der Waals surface area contributed by atoms with Crippen LogP contribution in [0, 0.1) is 5.82 Å². The first-order valence-corrected chi connectivity index (χ1v) is 11.8. The third-order valence-electron chi connectivity index (χ3n) is 6.02. The van der Waals surface area contributed by atoms with Gasteiger partial charge in [0.25, 0.3) is 17.7 Å². The normalized spacial score (nSPS) is 14.6. The highest BCUT2D eigenvalue weighted by molar-refractivity contribution is 6.34. The van der Waals surface area contributed by atoms with Gasteiger partial charge in [0.2, 0.25) is 0 Å². The summed E-state index contributed by atoms with van der Waals surface area (Å²) in [5.74, 6) is -2.20. The minimum Gasteiger partial charge on any atom is -0.388 e. The first-order chi connectivity index (χ1) is 17.2. The molecule has 3 amide bonds. The van der Waals surface area contributed by atoms with E-state index in [-0.39, 0.29) is 28.5 Å². The molecule has 2 aromatic carbocycles. The third-order valence-corrected chi connectivity index (χ3v) is 6.33. The lowest BCUT2D eigenvalue weighted by Crippen LogP contribution is -2.44. The van der Waals surface area contributed by atoms with Crippen LogP contribution in [0.25, 0.3) is 0 Å². The molecule has 1 aromatic heterocycles. The lowest BCUT2D eigenvalue weighted by Gasteiger charge is -2.32. The molecule has 188 valence electrons. The van der Waals surface area contributed by atoms with Crippen molar-refractivity contribution < 1.29 is 23.9 Å². The molecule has 0 unspecified atom stereocenters. The van der Waals surface area contributed by atoms with Crippen LogP contribution in [-0.2, 0) is 0 Å². The molecule has 1 aliphatic rings. The Hall–Kier alpha value is -3.76. The number of rotatable bonds is 7. The highest BCUT2D eigenvalue weighted by atomic mass is 35.5. The van der Waals surface area contributed by atoms with Gasteiger partial charge in [-0.15, -0.1) is 0 Å². The van der Waals surface area contributed by atoms with Gasteiger partial charge in [-0.1, -0.05) is 30.9 Å². The van der Waals surface area contributed by atoms with Crippen LogP contribution < -0.4 is 16.0 Å². The number of nitrogens with one attached hydrogen (secondary N) is 4. The quantitative estimate of drug-likeness (QED) is 0.323. The number of anilines is 2. The Morgan fingerprint density at radius 1 is 0.972 bits per heavy atom. The van der Waals surface area contributed by atoms with Crippen molar-refractivity contribution in [3.05, 3.63) is 76.6 Å². The van der Waals surface area contributed by atoms with E-state index in [4.69, 9.17) is 11.6 Å². The van der Waals surface area contributed by atoms with Gasteiger partial charge < -0.3 is 26.0 Å². The molecular formula is C25H25ClFN5O4. The van der Waals surface area contributed by atoms with Crippen LogP contribution in [-0.4, -0.2) is 44.9 Å². The zero-order valence-corrected chi connectivity index (χ0v) is 20.0. The highest BCUT2D eigenvalue weighted by Crippen LogP contribution is 2.27. The summed E-state index contributed by atoms with van der Waals surface area (Å²) in [5, 5.41) is 18.6. The van der Waals surface area contributed by atoms with E-state index < -0.39 is 29.1 Å². The third kappa shape index (κ3) is 6.07. The number of aromatic amines is 1. The van der Waals surface area contributed by atoms with Crippen molar-refractivity contribution in [3.63, 3.8) is 0 Å². The number of hydrogen-bond acceptors (Lipinski definition) is 5. The summed E-state index contributed by atoms with van der Waals surface area (Å²) in [6.07, 6.45) is 5.38. The molecule has 5 N–H and O–H groups in total. The van der Waals surface area contributed by atoms with Crippen LogP contribution in [0.15, 0.2) is 48.8 Å². The van der Waals surface area contributed by atoms with Crippen LogP contribution in [0.4, 0.5) is 15.8 Å². The van der Waals surface area contributed by atoms with Crippen molar-refractivity contribution in [2.75, 3.05) is 17.2 Å². The molecule has 0 saturated heterocycles. The molecule has 36 heavy (non-hydrogen) atoms. The van der Waals surface area contributed by atoms with E-state index in [1.807, 2.05) is 0 Å². The minimum atomic E-state index is -0.935. The molecule has 0 bridgehead atoms. The van der Waals surface area contributed by atoms with Gasteiger partial charge in [0.15, 0.2) is 5.69 Å². The summed E-state index contributed by atoms with van der Waals surface area (Å²) in [6, 6.07) is 9.73. The lowest BCUT2D eigenvalue weighted by molar-refractivity contribution is 0.00521. The molecule has 1 aliphatic carbocycles. The molecule has 1 fully saturated rings. The van der Waals surface area contributed by atoms with Crippen LogP contribution in [0.1, 0.15) is 63.4 Å². The number of amides is 3. The van der Waals surface area contributed by atoms with Gasteiger partial charge in [0, 0.05) is 17.9 Å². The van der Waals surface area contributed by atoms with Gasteiger partial charge in [-0.3, -0.25) is 14.4 Å². The van der Waals surface area contributed by atoms with Crippen molar-refractivity contribution >= 4 is 40.7 Å². The zero-order chi connectivity index (χ0) is 25.7. The first kappa shape index (κ1) is 25.3. The van der Waals surface area contributed by atoms with Crippen LogP contribution in [0.5, 0.6) is 0 Å². The van der Waals surface area contributed by atoms with Gasteiger partial charge in [0.05, 0.1) is 22.5 Å². The van der Waals surface area contributed by atoms with Crippen molar-refractivity contribution in [1.82, 2.24) is 15.3 Å². The van der Waals surface area contributed by atoms with Gasteiger partial charge in [0.1, 0.15) is 11.5 Å². The first-order valence-electron chi connectivity index (χ1n) is 11.5. The largest absolute Gasteiger partial charge is 0.388 e. The number of hydrogen-bond donors (Lipinski definition) is 5. The topological polar surface area (TPSA) is 136 Å². The number of nitrogens with zero attached hydrogens (tertiary/aromatic N) is 1. The second kappa shape index (κ2) is 10.9. The van der Waals surface area contributed by atoms with Crippen LogP contribution in [0.2, 0.25) is 5.02 Å². The maximum absolute atomic E-state index is 13.2. The van der Waals surface area contributed by atoms with Crippen LogP contribution in [0.3, 0.4) is 0 Å². The number of imidazole rings is 1. The summed E-state index contributed by atoms with van der Waals surface area (Å²) in [7, 11) is 0. The molecule has 0 aliphatic heterocycles. The maximum Gasteiger partial charge on any atom is 0.276 e. The van der Waals surface area contributed by atoms with E-state index in [2.05, 4.69) is 25.9 Å². The highest BCUT2D eigenvalue weighted by Gasteiger charge is 2.30. The van der Waals surface area contributed by atoms with E-state index >= 15 is 0 Å². The Balaban J connectivity index is 1.35. The molecule has 11 heteroatoms. The summed E-state index contributed by atoms with van der Waals surface area (Å²) in [4.78, 5) is 44.4. The summed E-state index contributed by atoms with van der Waals surface area (Å²) >= 11 is 5.93. The van der Waals surface area contributed by atoms with Gasteiger partial charge in [-0.05, 0) is 55.3 Å². The molecule has 1 heterocycles. The Labute approximate surface area is 211 Å². The van der Waals surface area contributed by atoms with Crippen molar-refractivity contribution in [2.24, 2.45) is 0 Å². The number of carbonyl (C=O) groups is 3. The van der Waals surface area contributed by atoms with E-state index in [1.165, 1.54) is 12.4 Å². The Bertz CT molecular complexity index is 1270. The number of aliphatic hydroxyl groups is 1. The molecule has 0 spiro atoms. The average molecular weight is 514 g/mol. The fourth-order valence-corrected chi connectivity index (χ4v) is 4.31. The fraction of sp³-hybridized carbons (Fsp3) is 0.280. The number of benzene rings is 2. The second-order valence-corrected chi connectivity index (χ2v) is 9.11. The molecule has 1 saturated carbocycles. The summed E-state index contributed by atoms with van der Waals surface area (Å²) < 4.78 is 13.2. The summed E-state index contributed by atoms with van der Waals surface area (Å²) in [6.45, 7) is 0.0994. The van der Waals surface area contributed by atoms with E-state index in [0.717, 1.165) is 31.4 Å². The van der Waals surface area contributed by atoms with Crippen molar-refractivity contribution in [1.29, 1.82) is 0 Å². The van der Waals surface area contributed by atoms with E-state index in [1.54, 1.807) is 24.3 Å². The second-order valence-electron chi connectivity index (χ2n) is 8.70. The van der Waals surface area contributed by atoms with Gasteiger partial charge >= 0.3 is 0 Å². The van der Waals surface area contributed by atoms with Crippen LogP contribution >= 0.6 is 11.6 Å². The fourth-order valence-electron chi connectivity index (χ4n) is 4.06. The van der Waals surface area contributed by atoms with Crippen molar-refractivity contribution in [3.8, 4) is 0 Å². The smallest absolute Gasteiger partial charge is 0.276 e. The monoisotopic (exact) mass is 513 g/mol. The Morgan fingerprint density at radius 2 is 1.61 bits per heavy atom. The SMILES string of the molecule is O=C(Nc1ccc(NC(=O)c2nc[nH]c2C(=O)NCC2(O)CCCCC2)cc1)c1ccc(F)cc1Cl. The molecule has 3 aromatic rings. The Kier molecular flexibility index (Phi) is 7.66. The molecule has 0 atom stereocenters. The number of H-pyrrole nitrogens is 1. The number of halogens is 2.